The van der Waals surface area contributed by atoms with E-state index in [9.17, 15) is 0 Å². The van der Waals surface area contributed by atoms with E-state index in [1.54, 1.807) is 0 Å². The molecule has 3 aliphatic rings. The van der Waals surface area contributed by atoms with Gasteiger partial charge in [-0.1, -0.05) is 156 Å². The molecule has 274 valence electrons. The monoisotopic (exact) mass is 750 g/mol. The molecule has 2 nitrogen and oxygen atoms in total. The van der Waals surface area contributed by atoms with E-state index in [2.05, 4.69) is 190 Å². The maximum Gasteiger partial charge on any atom is 0.333 e. The van der Waals surface area contributed by atoms with Gasteiger partial charge < -0.3 is 9.38 Å². The minimum absolute atomic E-state index is 0.0211. The minimum atomic E-state index is -0.120. The molecule has 12 rings (SSSR count). The van der Waals surface area contributed by atoms with E-state index in [1.165, 1.54) is 115 Å². The lowest BCUT2D eigenvalue weighted by Gasteiger charge is -2.42. The van der Waals surface area contributed by atoms with Crippen LogP contribution in [0.2, 0.25) is 0 Å². The van der Waals surface area contributed by atoms with Crippen LogP contribution in [0.5, 0.6) is 0 Å². The van der Waals surface area contributed by atoms with Crippen molar-refractivity contribution in [2.24, 2.45) is 0 Å². The smallest absolute Gasteiger partial charge is 0.333 e. The number of benzene rings is 7. The van der Waals surface area contributed by atoms with Gasteiger partial charge in [-0.2, -0.15) is 0 Å². The van der Waals surface area contributed by atoms with Gasteiger partial charge in [-0.05, 0) is 97.1 Å². The van der Waals surface area contributed by atoms with Crippen molar-refractivity contribution in [2.75, 3.05) is 4.90 Å². The van der Waals surface area contributed by atoms with Crippen LogP contribution in [-0.2, 0) is 17.4 Å². The van der Waals surface area contributed by atoms with Crippen LogP contribution in [-0.4, -0.2) is 11.3 Å². The van der Waals surface area contributed by atoms with Crippen LogP contribution in [0.1, 0.15) is 62.4 Å². The van der Waals surface area contributed by atoms with Crippen LogP contribution in [0.4, 0.5) is 11.4 Å². The molecule has 0 atom stereocenters. The van der Waals surface area contributed by atoms with Crippen LogP contribution in [0.3, 0.4) is 0 Å². The van der Waals surface area contributed by atoms with Crippen molar-refractivity contribution >= 4 is 71.7 Å². The van der Waals surface area contributed by atoms with Gasteiger partial charge in [-0.3, -0.25) is 0 Å². The fraction of sp³-hybridized carbons (Fsp3) is 0.170. The SMILES string of the molecule is Cc1cc2c3c(c1)N(Cc1ccc(C(C)(C)C)cc1-c1ccccc1)c1cc4c(cc1B3n1c3c-2cccc3c2sc3ccccc3c21)-c1ccccc1C4(C)C. The normalized spacial score (nSPS) is 14.6. The van der Waals surface area contributed by atoms with Crippen molar-refractivity contribution in [3.05, 3.63) is 167 Å². The average molecular weight is 751 g/mol. The predicted octanol–water partition coefficient (Wildman–Crippen LogP) is 12.9. The highest BCUT2D eigenvalue weighted by molar-refractivity contribution is 7.27. The van der Waals surface area contributed by atoms with Gasteiger partial charge in [0.2, 0.25) is 0 Å². The summed E-state index contributed by atoms with van der Waals surface area (Å²) >= 11 is 1.95. The van der Waals surface area contributed by atoms with E-state index in [1.807, 2.05) is 11.3 Å². The first kappa shape index (κ1) is 33.3. The minimum Gasteiger partial charge on any atom is -0.374 e. The van der Waals surface area contributed by atoms with Gasteiger partial charge in [-0.15, -0.1) is 11.3 Å². The van der Waals surface area contributed by atoms with Crippen LogP contribution >= 0.6 is 11.3 Å². The van der Waals surface area contributed by atoms with E-state index < -0.39 is 0 Å². The number of rotatable bonds is 3. The largest absolute Gasteiger partial charge is 0.374 e. The van der Waals surface area contributed by atoms with Crippen molar-refractivity contribution in [3.8, 4) is 33.4 Å². The quantitative estimate of drug-likeness (QED) is 0.163. The van der Waals surface area contributed by atoms with Gasteiger partial charge in [0.1, 0.15) is 0 Å². The highest BCUT2D eigenvalue weighted by Gasteiger charge is 2.45. The number of hydrogen-bond donors (Lipinski definition) is 0. The lowest BCUT2D eigenvalue weighted by Crippen LogP contribution is -2.57. The van der Waals surface area contributed by atoms with Crippen molar-refractivity contribution in [2.45, 2.75) is 58.9 Å². The third-order valence-corrected chi connectivity index (χ3v) is 14.6. The third-order valence-electron chi connectivity index (χ3n) is 13.5. The van der Waals surface area contributed by atoms with Gasteiger partial charge in [0.25, 0.3) is 0 Å². The fourth-order valence-electron chi connectivity index (χ4n) is 10.7. The first-order chi connectivity index (χ1) is 27.6. The molecule has 0 amide bonds. The van der Waals surface area contributed by atoms with E-state index in [4.69, 9.17) is 0 Å². The zero-order valence-electron chi connectivity index (χ0n) is 33.4. The second kappa shape index (κ2) is 11.4. The van der Waals surface area contributed by atoms with Crippen LogP contribution in [0.25, 0.3) is 64.6 Å². The Morgan fingerprint density at radius 3 is 2.21 bits per heavy atom. The molecule has 0 bridgehead atoms. The molecule has 7 aromatic carbocycles. The van der Waals surface area contributed by atoms with Crippen molar-refractivity contribution in [1.82, 2.24) is 4.48 Å². The molecule has 57 heavy (non-hydrogen) atoms. The van der Waals surface area contributed by atoms with Gasteiger partial charge in [-0.25, -0.2) is 0 Å². The Kier molecular flexibility index (Phi) is 6.66. The average Bonchev–Trinajstić information content (AvgIpc) is 3.82. The Balaban J connectivity index is 1.19. The molecular formula is C53H43BN2S. The second-order valence-electron chi connectivity index (χ2n) is 18.2. The maximum absolute atomic E-state index is 2.75. The van der Waals surface area contributed by atoms with Crippen molar-refractivity contribution in [1.29, 1.82) is 0 Å². The lowest BCUT2D eigenvalue weighted by atomic mass is 9.44. The molecule has 0 fully saturated rings. The van der Waals surface area contributed by atoms with Gasteiger partial charge in [0.05, 0.1) is 10.2 Å². The topological polar surface area (TPSA) is 8.17 Å². The Bertz CT molecular complexity index is 3190. The van der Waals surface area contributed by atoms with Crippen LogP contribution in [0.15, 0.2) is 140 Å². The molecule has 1 aliphatic carbocycles. The van der Waals surface area contributed by atoms with Gasteiger partial charge >= 0.3 is 6.85 Å². The number of fused-ring (bicyclic) bond motifs is 12. The Labute approximate surface area is 339 Å². The number of aryl methyl sites for hydroxylation is 1. The number of nitrogens with zero attached hydrogens (tertiary/aromatic N) is 2. The van der Waals surface area contributed by atoms with Crippen LogP contribution in [0, 0.1) is 6.92 Å². The van der Waals surface area contributed by atoms with Crippen molar-refractivity contribution < 1.29 is 0 Å². The first-order valence-electron chi connectivity index (χ1n) is 20.4. The van der Waals surface area contributed by atoms with E-state index in [-0.39, 0.29) is 17.7 Å². The number of para-hydroxylation sites is 1. The van der Waals surface area contributed by atoms with Gasteiger partial charge in [0, 0.05) is 49.9 Å². The molecule has 4 heterocycles. The molecule has 4 heteroatoms. The van der Waals surface area contributed by atoms with E-state index in [0.717, 1.165) is 6.54 Å². The van der Waals surface area contributed by atoms with Gasteiger partial charge in [0.15, 0.2) is 0 Å². The van der Waals surface area contributed by atoms with E-state index in [0.29, 0.717) is 0 Å². The zero-order chi connectivity index (χ0) is 38.5. The van der Waals surface area contributed by atoms with Crippen molar-refractivity contribution in [3.63, 3.8) is 0 Å². The highest BCUT2D eigenvalue weighted by Crippen LogP contribution is 2.52. The molecule has 0 spiro atoms. The summed E-state index contributed by atoms with van der Waals surface area (Å²) < 4.78 is 5.49. The summed E-state index contributed by atoms with van der Waals surface area (Å²) in [7, 11) is 0. The standard InChI is InChI=1S/C53H43BN2S/c1-31-25-41-36-19-14-20-38-49(36)56(50-37-18-11-13-22-47(37)57-51(38)50)54-44-28-40-35-17-10-12-21-42(35)53(5,6)43(40)29-45(44)55(46(26-31)48(41)54)30-33-23-24-34(52(2,3)4)27-39(33)32-15-8-7-9-16-32/h7-29H,30H2,1-6H3. The van der Waals surface area contributed by atoms with Crippen LogP contribution < -0.4 is 15.8 Å². The molecule has 2 aliphatic heterocycles. The first-order valence-corrected chi connectivity index (χ1v) is 21.2. The number of aromatic nitrogens is 1. The highest BCUT2D eigenvalue weighted by atomic mass is 32.1. The fourth-order valence-corrected chi connectivity index (χ4v) is 11.9. The second-order valence-corrected chi connectivity index (χ2v) is 19.2. The summed E-state index contributed by atoms with van der Waals surface area (Å²) in [4.78, 5) is 2.69. The Morgan fingerprint density at radius 2 is 1.37 bits per heavy atom. The van der Waals surface area contributed by atoms with E-state index >= 15 is 0 Å². The Hall–Kier alpha value is -5.84. The molecule has 2 aromatic heterocycles. The summed E-state index contributed by atoms with van der Waals surface area (Å²) in [6.45, 7) is 14.9. The lowest BCUT2D eigenvalue weighted by molar-refractivity contribution is 0.590. The summed E-state index contributed by atoms with van der Waals surface area (Å²) in [5.74, 6) is 0. The molecule has 0 N–H and O–H groups in total. The molecular weight excluding hydrogens is 707 g/mol. The summed E-state index contributed by atoms with van der Waals surface area (Å²) in [5, 5.41) is 2.71. The summed E-state index contributed by atoms with van der Waals surface area (Å²) in [6.07, 6.45) is 0. The molecule has 0 unspecified atom stereocenters. The number of thiophene rings is 1. The molecule has 0 saturated carbocycles. The molecule has 0 saturated heterocycles. The molecule has 9 aromatic rings. The zero-order valence-corrected chi connectivity index (χ0v) is 34.2. The predicted molar refractivity (Wildman–Crippen MR) is 246 cm³/mol. The number of anilines is 2. The molecule has 0 radical (unpaired) electrons. The summed E-state index contributed by atoms with van der Waals surface area (Å²) in [6, 6.07) is 53.6. The number of hydrogen-bond acceptors (Lipinski definition) is 2. The third kappa shape index (κ3) is 4.48. The summed E-state index contributed by atoms with van der Waals surface area (Å²) in [5.41, 5.74) is 22.9. The maximum atomic E-state index is 2.75. The Morgan fingerprint density at radius 1 is 0.614 bits per heavy atom.